The van der Waals surface area contributed by atoms with Crippen LogP contribution in [0.4, 0.5) is 11.4 Å². The number of phenols is 1. The maximum atomic E-state index is 11.9. The van der Waals surface area contributed by atoms with Gasteiger partial charge in [-0.3, -0.25) is 0 Å². The monoisotopic (exact) mass is 599 g/mol. The van der Waals surface area contributed by atoms with Gasteiger partial charge < -0.3 is 14.2 Å². The number of hydrogen-bond donors (Lipinski definition) is 1. The van der Waals surface area contributed by atoms with Crippen molar-refractivity contribution < 1.29 is 90.2 Å². The van der Waals surface area contributed by atoms with E-state index in [0.29, 0.717) is 0 Å². The molecule has 0 amide bonds. The summed E-state index contributed by atoms with van der Waals surface area (Å²) in [5.41, 5.74) is 2.43. The second kappa shape index (κ2) is 12.0. The number of hydrogen-bond acceptors (Lipinski definition) is 11. The van der Waals surface area contributed by atoms with Crippen molar-refractivity contribution in [3.63, 3.8) is 0 Å². The van der Waals surface area contributed by atoms with Gasteiger partial charge in [-0.15, -0.1) is 16.5 Å². The van der Waals surface area contributed by atoms with E-state index in [0.717, 1.165) is 50.6 Å². The van der Waals surface area contributed by atoms with Crippen LogP contribution < -0.4 is 59.1 Å². The molecule has 5 aromatic rings. The number of nitrogens with zero attached hydrogens (tertiary/aromatic N) is 3. The van der Waals surface area contributed by atoms with Crippen LogP contribution in [0.1, 0.15) is 5.56 Å². The standard InChI is InChI=1S/C24H17N3O7S3.2Na/c1-13-2-9-19-20(10-13)35-24(25-19)14-3-6-16(7-4-14)26-27-22-21(37(32,33)34)11-15-5-8-17(36(29,30)31)12-18(15)23(22)28;;/h2-12,28H,1H3,(H,29,30,31)(H,32,33,34);;/q;2*+1/p-2. The molecule has 0 saturated carbocycles. The summed E-state index contributed by atoms with van der Waals surface area (Å²) in [6.45, 7) is 2.00. The van der Waals surface area contributed by atoms with Crippen LogP contribution in [0.5, 0.6) is 5.75 Å². The normalized spacial score (nSPS) is 12.0. The molecule has 1 heterocycles. The van der Waals surface area contributed by atoms with E-state index < -0.39 is 41.5 Å². The third-order valence-electron chi connectivity index (χ3n) is 5.51. The molecule has 10 nitrogen and oxygen atoms in total. The summed E-state index contributed by atoms with van der Waals surface area (Å²) in [6, 6.07) is 16.5. The minimum atomic E-state index is -5.10. The summed E-state index contributed by atoms with van der Waals surface area (Å²) in [5, 5.41) is 19.0. The molecule has 0 saturated heterocycles. The first-order valence-electron chi connectivity index (χ1n) is 10.5. The number of fused-ring (bicyclic) bond motifs is 2. The van der Waals surface area contributed by atoms with Crippen molar-refractivity contribution >= 4 is 63.9 Å². The Balaban J connectivity index is 0.00000210. The fraction of sp³-hybridized carbons (Fsp3) is 0.0417. The zero-order valence-electron chi connectivity index (χ0n) is 20.8. The van der Waals surface area contributed by atoms with Gasteiger partial charge in [0, 0.05) is 10.9 Å². The fourth-order valence-electron chi connectivity index (χ4n) is 3.70. The topological polar surface area (TPSA) is 172 Å². The Bertz CT molecular complexity index is 1960. The molecule has 0 unspecified atom stereocenters. The third-order valence-corrected chi connectivity index (χ3v) is 8.25. The number of aromatic nitrogens is 1. The molecule has 1 N–H and O–H groups in total. The molecular formula is C24H15N3Na2O7S3. The summed E-state index contributed by atoms with van der Waals surface area (Å²) in [5.74, 6) is -0.803. The van der Waals surface area contributed by atoms with Crippen LogP contribution in [0.3, 0.4) is 0 Å². The van der Waals surface area contributed by atoms with E-state index in [9.17, 15) is 31.0 Å². The molecule has 0 aliphatic rings. The van der Waals surface area contributed by atoms with Crippen LogP contribution in [-0.4, -0.2) is 36.0 Å². The number of phenolic OH excluding ortho intramolecular Hbond substituents is 1. The number of thiazole rings is 1. The largest absolute Gasteiger partial charge is 1.00 e. The molecule has 5 rings (SSSR count). The van der Waals surface area contributed by atoms with E-state index in [1.165, 1.54) is 11.3 Å². The Kier molecular flexibility index (Phi) is 9.78. The van der Waals surface area contributed by atoms with Crippen LogP contribution in [-0.2, 0) is 20.2 Å². The van der Waals surface area contributed by atoms with Crippen LogP contribution in [0.25, 0.3) is 31.6 Å². The predicted octanol–water partition coefficient (Wildman–Crippen LogP) is -0.638. The van der Waals surface area contributed by atoms with Gasteiger partial charge >= 0.3 is 59.1 Å². The van der Waals surface area contributed by atoms with Gasteiger partial charge in [0.15, 0.2) is 5.75 Å². The number of azo groups is 1. The average molecular weight is 600 g/mol. The molecule has 0 aliphatic carbocycles. The minimum Gasteiger partial charge on any atom is -0.744 e. The second-order valence-electron chi connectivity index (χ2n) is 8.10. The van der Waals surface area contributed by atoms with E-state index in [1.54, 1.807) is 24.3 Å². The maximum Gasteiger partial charge on any atom is 1.00 e. The van der Waals surface area contributed by atoms with Crippen LogP contribution in [0.2, 0.25) is 0 Å². The van der Waals surface area contributed by atoms with Gasteiger partial charge in [0.25, 0.3) is 0 Å². The Hall–Kier alpha value is -1.75. The molecule has 0 bridgehead atoms. The third kappa shape index (κ3) is 6.77. The first kappa shape index (κ1) is 31.8. The maximum absolute atomic E-state index is 11.9. The summed E-state index contributed by atoms with van der Waals surface area (Å²) in [4.78, 5) is 3.13. The summed E-state index contributed by atoms with van der Waals surface area (Å²) >= 11 is 1.53. The van der Waals surface area contributed by atoms with Gasteiger partial charge in [0.1, 0.15) is 30.9 Å². The number of rotatable bonds is 5. The molecule has 188 valence electrons. The van der Waals surface area contributed by atoms with Crippen molar-refractivity contribution in [2.24, 2.45) is 10.2 Å². The van der Waals surface area contributed by atoms with Crippen molar-refractivity contribution in [2.45, 2.75) is 16.7 Å². The van der Waals surface area contributed by atoms with Crippen molar-refractivity contribution in [1.29, 1.82) is 0 Å². The van der Waals surface area contributed by atoms with Gasteiger partial charge in [-0.2, -0.15) is 5.11 Å². The van der Waals surface area contributed by atoms with E-state index >= 15 is 0 Å². The van der Waals surface area contributed by atoms with E-state index in [-0.39, 0.29) is 75.6 Å². The van der Waals surface area contributed by atoms with E-state index in [1.807, 2.05) is 25.1 Å². The predicted molar refractivity (Wildman–Crippen MR) is 136 cm³/mol. The van der Waals surface area contributed by atoms with Gasteiger partial charge in [-0.25, -0.2) is 21.8 Å². The van der Waals surface area contributed by atoms with Crippen molar-refractivity contribution in [3.05, 3.63) is 72.3 Å². The van der Waals surface area contributed by atoms with Gasteiger partial charge in [-0.1, -0.05) is 12.1 Å². The molecule has 0 spiro atoms. The summed E-state index contributed by atoms with van der Waals surface area (Å²) in [6.07, 6.45) is 0. The number of benzene rings is 4. The molecule has 0 aliphatic heterocycles. The minimum absolute atomic E-state index is 0. The van der Waals surface area contributed by atoms with Crippen molar-refractivity contribution in [2.75, 3.05) is 0 Å². The van der Waals surface area contributed by atoms with Gasteiger partial charge in [0.05, 0.1) is 25.7 Å². The quantitative estimate of drug-likeness (QED) is 0.158. The molecule has 15 heteroatoms. The zero-order valence-corrected chi connectivity index (χ0v) is 27.3. The number of aryl methyl sites for hydroxylation is 1. The molecule has 1 aromatic heterocycles. The van der Waals surface area contributed by atoms with Crippen LogP contribution in [0, 0.1) is 6.92 Å². The van der Waals surface area contributed by atoms with E-state index in [2.05, 4.69) is 15.2 Å². The molecule has 4 aromatic carbocycles. The van der Waals surface area contributed by atoms with Crippen LogP contribution in [0.15, 0.2) is 86.7 Å². The second-order valence-corrected chi connectivity index (χ2v) is 11.9. The van der Waals surface area contributed by atoms with Crippen molar-refractivity contribution in [1.82, 2.24) is 4.98 Å². The van der Waals surface area contributed by atoms with Gasteiger partial charge in [0.2, 0.25) is 0 Å². The Morgan fingerprint density at radius 2 is 1.54 bits per heavy atom. The van der Waals surface area contributed by atoms with Crippen LogP contribution >= 0.6 is 11.3 Å². The fourth-order valence-corrected chi connectivity index (χ4v) is 5.91. The molecule has 39 heavy (non-hydrogen) atoms. The Labute approximate surface area is 271 Å². The average Bonchev–Trinajstić information content (AvgIpc) is 3.25. The molecule has 0 radical (unpaired) electrons. The SMILES string of the molecule is Cc1ccc2nc(-c3ccc(N=Nc4c(S(=O)(=O)[O-])cc5ccc(S(=O)(=O)[O-])cc5c4O)cc3)sc2c1.[Na+].[Na+]. The summed E-state index contributed by atoms with van der Waals surface area (Å²) < 4.78 is 70.8. The van der Waals surface area contributed by atoms with E-state index in [4.69, 9.17) is 0 Å². The smallest absolute Gasteiger partial charge is 0.744 e. The number of aromatic hydroxyl groups is 1. The zero-order chi connectivity index (χ0) is 26.5. The first-order valence-corrected chi connectivity index (χ1v) is 14.1. The van der Waals surface area contributed by atoms with Crippen molar-refractivity contribution in [3.8, 4) is 16.3 Å². The first-order chi connectivity index (χ1) is 17.4. The Morgan fingerprint density at radius 1 is 0.846 bits per heavy atom. The van der Waals surface area contributed by atoms with Gasteiger partial charge in [-0.05, 0) is 72.5 Å². The summed E-state index contributed by atoms with van der Waals surface area (Å²) in [7, 11) is -9.95. The molecular weight excluding hydrogens is 584 g/mol. The molecule has 0 atom stereocenters. The Morgan fingerprint density at radius 3 is 2.18 bits per heavy atom. The molecule has 0 fully saturated rings.